The van der Waals surface area contributed by atoms with Gasteiger partial charge < -0.3 is 14.5 Å². The topological polar surface area (TPSA) is 72.7 Å². The van der Waals surface area contributed by atoms with Crippen molar-refractivity contribution < 1.29 is 14.3 Å². The van der Waals surface area contributed by atoms with Crippen LogP contribution in [0.15, 0.2) is 48.7 Å². The summed E-state index contributed by atoms with van der Waals surface area (Å²) in [5.74, 6) is 0.510. The first-order chi connectivity index (χ1) is 12.5. The fraction of sp³-hybridized carbons (Fsp3) is 0.250. The Bertz CT molecular complexity index is 960. The Balaban J connectivity index is 1.92. The molecular formula is C20H21N3O3. The third kappa shape index (κ3) is 3.59. The number of rotatable bonds is 5. The van der Waals surface area contributed by atoms with Crippen LogP contribution in [0.4, 0.5) is 5.69 Å². The van der Waals surface area contributed by atoms with Crippen molar-refractivity contribution in [3.63, 3.8) is 0 Å². The molecule has 134 valence electrons. The average Bonchev–Trinajstić information content (AvgIpc) is 2.99. The molecule has 0 unspecified atom stereocenters. The molecule has 2 heterocycles. The maximum Gasteiger partial charge on any atom is 0.337 e. The highest BCUT2D eigenvalue weighted by molar-refractivity contribution is 6.08. The summed E-state index contributed by atoms with van der Waals surface area (Å²) in [7, 11) is 1.32. The summed E-state index contributed by atoms with van der Waals surface area (Å²) in [6.07, 6.45) is 2.69. The minimum absolute atomic E-state index is 0.314. The summed E-state index contributed by atoms with van der Waals surface area (Å²) in [4.78, 5) is 29.0. The molecule has 0 spiro atoms. The molecule has 6 nitrogen and oxygen atoms in total. The molecule has 6 heteroatoms. The number of benzene rings is 1. The van der Waals surface area contributed by atoms with Gasteiger partial charge in [0.25, 0.3) is 5.91 Å². The molecule has 0 fully saturated rings. The zero-order chi connectivity index (χ0) is 18.7. The van der Waals surface area contributed by atoms with E-state index in [1.54, 1.807) is 24.3 Å². The van der Waals surface area contributed by atoms with Crippen LogP contribution in [0.5, 0.6) is 0 Å². The number of nitrogens with zero attached hydrogens (tertiary/aromatic N) is 2. The van der Waals surface area contributed by atoms with E-state index in [4.69, 9.17) is 4.74 Å². The molecule has 3 rings (SSSR count). The quantitative estimate of drug-likeness (QED) is 0.713. The number of amides is 1. The van der Waals surface area contributed by atoms with E-state index in [1.807, 2.05) is 28.8 Å². The van der Waals surface area contributed by atoms with Crippen LogP contribution in [0, 0.1) is 5.92 Å². The minimum Gasteiger partial charge on any atom is -0.465 e. The Morgan fingerprint density at radius 1 is 1.19 bits per heavy atom. The van der Waals surface area contributed by atoms with Gasteiger partial charge in [0.05, 0.1) is 18.2 Å². The fourth-order valence-corrected chi connectivity index (χ4v) is 2.81. The summed E-state index contributed by atoms with van der Waals surface area (Å²) in [5.41, 5.74) is 2.01. The number of carbonyl (C=O) groups excluding carboxylic acids is 2. The SMILES string of the molecule is COC(=O)c1cccc(NC(=O)c2nc(CC(C)C)n3ccccc23)c1. The maximum atomic E-state index is 12.8. The van der Waals surface area contributed by atoms with Gasteiger partial charge in [0.1, 0.15) is 5.82 Å². The van der Waals surface area contributed by atoms with Crippen molar-refractivity contribution in [3.05, 3.63) is 65.7 Å². The van der Waals surface area contributed by atoms with Crippen LogP contribution in [-0.2, 0) is 11.2 Å². The number of nitrogens with one attached hydrogen (secondary N) is 1. The molecule has 0 atom stereocenters. The van der Waals surface area contributed by atoms with E-state index in [9.17, 15) is 9.59 Å². The predicted molar refractivity (Wildman–Crippen MR) is 99.5 cm³/mol. The van der Waals surface area contributed by atoms with Gasteiger partial charge >= 0.3 is 5.97 Å². The average molecular weight is 351 g/mol. The van der Waals surface area contributed by atoms with E-state index in [0.29, 0.717) is 22.9 Å². The molecule has 0 bridgehead atoms. The van der Waals surface area contributed by atoms with Gasteiger partial charge in [-0.3, -0.25) is 4.79 Å². The van der Waals surface area contributed by atoms with Gasteiger partial charge in [0.15, 0.2) is 5.69 Å². The van der Waals surface area contributed by atoms with Crippen LogP contribution in [0.1, 0.15) is 40.5 Å². The zero-order valence-corrected chi connectivity index (χ0v) is 15.0. The molecular weight excluding hydrogens is 330 g/mol. The highest BCUT2D eigenvalue weighted by Crippen LogP contribution is 2.18. The van der Waals surface area contributed by atoms with E-state index < -0.39 is 5.97 Å². The molecule has 0 saturated carbocycles. The first kappa shape index (κ1) is 17.7. The molecule has 1 amide bonds. The smallest absolute Gasteiger partial charge is 0.337 e. The first-order valence-electron chi connectivity index (χ1n) is 8.45. The minimum atomic E-state index is -0.451. The van der Waals surface area contributed by atoms with Crippen LogP contribution < -0.4 is 5.32 Å². The van der Waals surface area contributed by atoms with Crippen LogP contribution in [0.25, 0.3) is 5.52 Å². The second-order valence-electron chi connectivity index (χ2n) is 6.46. The second-order valence-corrected chi connectivity index (χ2v) is 6.46. The van der Waals surface area contributed by atoms with Gasteiger partial charge in [0, 0.05) is 18.3 Å². The lowest BCUT2D eigenvalue weighted by Crippen LogP contribution is -2.13. The van der Waals surface area contributed by atoms with Gasteiger partial charge in [-0.05, 0) is 36.2 Å². The summed E-state index contributed by atoms with van der Waals surface area (Å²) in [6.45, 7) is 4.23. The van der Waals surface area contributed by atoms with Crippen molar-refractivity contribution in [2.45, 2.75) is 20.3 Å². The van der Waals surface area contributed by atoms with Gasteiger partial charge in [-0.1, -0.05) is 26.0 Å². The van der Waals surface area contributed by atoms with Gasteiger partial charge in [-0.2, -0.15) is 0 Å². The molecule has 0 aliphatic rings. The Labute approximate surface area is 151 Å². The van der Waals surface area contributed by atoms with Crippen molar-refractivity contribution >= 4 is 23.1 Å². The van der Waals surface area contributed by atoms with E-state index >= 15 is 0 Å². The number of imidazole rings is 1. The molecule has 26 heavy (non-hydrogen) atoms. The number of fused-ring (bicyclic) bond motifs is 1. The van der Waals surface area contributed by atoms with E-state index in [-0.39, 0.29) is 5.91 Å². The number of esters is 1. The summed E-state index contributed by atoms with van der Waals surface area (Å²) >= 11 is 0. The molecule has 0 aliphatic heterocycles. The number of hydrogen-bond donors (Lipinski definition) is 1. The van der Waals surface area contributed by atoms with Crippen LogP contribution in [-0.4, -0.2) is 28.4 Å². The van der Waals surface area contributed by atoms with Gasteiger partial charge in [-0.25, -0.2) is 9.78 Å². The number of hydrogen-bond acceptors (Lipinski definition) is 4. The molecule has 2 aromatic heterocycles. The lowest BCUT2D eigenvalue weighted by molar-refractivity contribution is 0.0600. The van der Waals surface area contributed by atoms with E-state index in [2.05, 4.69) is 24.1 Å². The second kappa shape index (κ2) is 7.39. The number of methoxy groups -OCH3 is 1. The lowest BCUT2D eigenvalue weighted by atomic mass is 10.1. The Morgan fingerprint density at radius 2 is 2.00 bits per heavy atom. The van der Waals surface area contributed by atoms with Crippen molar-refractivity contribution in [2.75, 3.05) is 12.4 Å². The van der Waals surface area contributed by atoms with E-state index in [1.165, 1.54) is 7.11 Å². The number of anilines is 1. The van der Waals surface area contributed by atoms with Gasteiger partial charge in [0.2, 0.25) is 0 Å². The third-order valence-corrected chi connectivity index (χ3v) is 3.97. The normalized spacial score (nSPS) is 10.9. The van der Waals surface area contributed by atoms with E-state index in [0.717, 1.165) is 17.8 Å². The molecule has 1 N–H and O–H groups in total. The third-order valence-electron chi connectivity index (χ3n) is 3.97. The molecule has 1 aromatic carbocycles. The summed E-state index contributed by atoms with van der Waals surface area (Å²) < 4.78 is 6.66. The Morgan fingerprint density at radius 3 is 2.73 bits per heavy atom. The highest BCUT2D eigenvalue weighted by atomic mass is 16.5. The standard InChI is InChI=1S/C20H21N3O3/c1-13(2)11-17-22-18(16-9-4-5-10-23(16)17)19(24)21-15-8-6-7-14(12-15)20(25)26-3/h4-10,12-13H,11H2,1-3H3,(H,21,24). The number of aromatic nitrogens is 2. The number of carbonyl (C=O) groups is 2. The lowest BCUT2D eigenvalue weighted by Gasteiger charge is -2.05. The first-order valence-corrected chi connectivity index (χ1v) is 8.45. The van der Waals surface area contributed by atoms with Gasteiger partial charge in [-0.15, -0.1) is 0 Å². The zero-order valence-electron chi connectivity index (χ0n) is 15.0. The van der Waals surface area contributed by atoms with Crippen molar-refractivity contribution in [1.82, 2.24) is 9.38 Å². The fourth-order valence-electron chi connectivity index (χ4n) is 2.81. The van der Waals surface area contributed by atoms with Crippen molar-refractivity contribution in [1.29, 1.82) is 0 Å². The number of ether oxygens (including phenoxy) is 1. The highest BCUT2D eigenvalue weighted by Gasteiger charge is 2.18. The van der Waals surface area contributed by atoms with Crippen LogP contribution in [0.3, 0.4) is 0 Å². The number of pyridine rings is 1. The molecule has 0 aliphatic carbocycles. The summed E-state index contributed by atoms with van der Waals surface area (Å²) in [5, 5.41) is 2.81. The largest absolute Gasteiger partial charge is 0.465 e. The van der Waals surface area contributed by atoms with Crippen LogP contribution >= 0.6 is 0 Å². The van der Waals surface area contributed by atoms with Crippen molar-refractivity contribution in [2.24, 2.45) is 5.92 Å². The monoisotopic (exact) mass is 351 g/mol. The maximum absolute atomic E-state index is 12.8. The molecule has 3 aromatic rings. The van der Waals surface area contributed by atoms with Crippen molar-refractivity contribution in [3.8, 4) is 0 Å². The Hall–Kier alpha value is -3.15. The molecule has 0 saturated heterocycles. The van der Waals surface area contributed by atoms with Crippen LogP contribution in [0.2, 0.25) is 0 Å². The predicted octanol–water partition coefficient (Wildman–Crippen LogP) is 3.57. The Kier molecular flexibility index (Phi) is 5.02. The molecule has 0 radical (unpaired) electrons. The summed E-state index contributed by atoms with van der Waals surface area (Å²) in [6, 6.07) is 12.3.